The van der Waals surface area contributed by atoms with E-state index < -0.39 is 5.91 Å². The predicted molar refractivity (Wildman–Crippen MR) is 131 cm³/mol. The fraction of sp³-hybridized carbons (Fsp3) is 0.0455. The maximum Gasteiger partial charge on any atom is 0.258 e. The molecule has 0 saturated carbocycles. The molecule has 3 aromatic carbocycles. The second-order valence-corrected chi connectivity index (χ2v) is 8.24. The number of oxazole rings is 1. The van der Waals surface area contributed by atoms with Crippen molar-refractivity contribution in [1.29, 1.82) is 0 Å². The Morgan fingerprint density at radius 2 is 1.84 bits per heavy atom. The van der Waals surface area contributed by atoms with Gasteiger partial charge in [-0.05, 0) is 66.8 Å². The second kappa shape index (κ2) is 9.34. The summed E-state index contributed by atoms with van der Waals surface area (Å²) in [5, 5.41) is 6.76. The summed E-state index contributed by atoms with van der Waals surface area (Å²) in [5.74, 6) is 0.522. The lowest BCUT2D eigenvalue weighted by molar-refractivity contribution is 0.0978. The van der Waals surface area contributed by atoms with Crippen LogP contribution in [0.4, 0.5) is 5.69 Å². The molecule has 10 heteroatoms. The van der Waals surface area contributed by atoms with Crippen LogP contribution in [-0.2, 0) is 0 Å². The van der Waals surface area contributed by atoms with Crippen LogP contribution in [0.25, 0.3) is 22.6 Å². The first-order chi connectivity index (χ1) is 15.3. The molecule has 4 aromatic rings. The Labute approximate surface area is 203 Å². The van der Waals surface area contributed by atoms with Crippen molar-refractivity contribution < 1.29 is 13.9 Å². The topological polar surface area (TPSA) is 76.4 Å². The van der Waals surface area contributed by atoms with Crippen molar-refractivity contribution >= 4 is 74.8 Å². The molecule has 1 aromatic heterocycles. The number of nitrogens with zero attached hydrogens (tertiary/aromatic N) is 1. The molecule has 1 amide bonds. The summed E-state index contributed by atoms with van der Waals surface area (Å²) in [5.41, 5.74) is 2.78. The monoisotopic (exact) mass is 505 g/mol. The van der Waals surface area contributed by atoms with Crippen LogP contribution in [0.1, 0.15) is 10.4 Å². The Balaban J connectivity index is 1.49. The SMILES string of the molecule is COc1ccc(-c2nc3cc(NC(=S)NC(=O)c4ccc(Cl)cc4Cl)ccc3o2)cc1Cl. The fourth-order valence-electron chi connectivity index (χ4n) is 2.93. The summed E-state index contributed by atoms with van der Waals surface area (Å²) in [6, 6.07) is 15.1. The van der Waals surface area contributed by atoms with E-state index in [4.69, 9.17) is 56.2 Å². The first kappa shape index (κ1) is 22.4. The highest BCUT2D eigenvalue weighted by Gasteiger charge is 2.14. The molecule has 2 N–H and O–H groups in total. The van der Waals surface area contributed by atoms with Crippen molar-refractivity contribution in [2.45, 2.75) is 0 Å². The van der Waals surface area contributed by atoms with Crippen LogP contribution in [0.5, 0.6) is 5.75 Å². The molecule has 6 nitrogen and oxygen atoms in total. The van der Waals surface area contributed by atoms with Crippen LogP contribution in [0.2, 0.25) is 15.1 Å². The largest absolute Gasteiger partial charge is 0.495 e. The average molecular weight is 507 g/mol. The van der Waals surface area contributed by atoms with Crippen molar-refractivity contribution in [1.82, 2.24) is 10.3 Å². The van der Waals surface area contributed by atoms with Gasteiger partial charge < -0.3 is 14.5 Å². The van der Waals surface area contributed by atoms with E-state index in [1.165, 1.54) is 12.1 Å². The molecule has 0 aliphatic heterocycles. The van der Waals surface area contributed by atoms with E-state index >= 15 is 0 Å². The van der Waals surface area contributed by atoms with Crippen molar-refractivity contribution in [2.75, 3.05) is 12.4 Å². The van der Waals surface area contributed by atoms with Crippen molar-refractivity contribution in [3.8, 4) is 17.2 Å². The third-order valence-corrected chi connectivity index (χ3v) is 5.49. The minimum absolute atomic E-state index is 0.103. The molecule has 0 fully saturated rings. The molecule has 32 heavy (non-hydrogen) atoms. The molecule has 0 radical (unpaired) electrons. The number of nitrogens with one attached hydrogen (secondary N) is 2. The van der Waals surface area contributed by atoms with E-state index in [2.05, 4.69) is 15.6 Å². The van der Waals surface area contributed by atoms with Crippen LogP contribution >= 0.6 is 47.0 Å². The molecule has 4 rings (SSSR count). The summed E-state index contributed by atoms with van der Waals surface area (Å²) in [4.78, 5) is 16.9. The average Bonchev–Trinajstić information content (AvgIpc) is 3.17. The second-order valence-electron chi connectivity index (χ2n) is 6.58. The number of carbonyl (C=O) groups is 1. The minimum atomic E-state index is -0.453. The molecule has 1 heterocycles. The van der Waals surface area contributed by atoms with Crippen LogP contribution < -0.4 is 15.4 Å². The van der Waals surface area contributed by atoms with Crippen molar-refractivity contribution in [2.24, 2.45) is 0 Å². The number of carbonyl (C=O) groups excluding carboxylic acids is 1. The van der Waals surface area contributed by atoms with Crippen molar-refractivity contribution in [3.63, 3.8) is 0 Å². The highest BCUT2D eigenvalue weighted by atomic mass is 35.5. The molecule has 0 atom stereocenters. The number of amides is 1. The molecular formula is C22H14Cl3N3O3S. The van der Waals surface area contributed by atoms with Crippen LogP contribution in [0, 0.1) is 0 Å². The summed E-state index contributed by atoms with van der Waals surface area (Å²) in [6.45, 7) is 0. The quantitative estimate of drug-likeness (QED) is 0.304. The molecule has 0 saturated heterocycles. The lowest BCUT2D eigenvalue weighted by atomic mass is 10.2. The van der Waals surface area contributed by atoms with E-state index in [9.17, 15) is 4.79 Å². The normalized spacial score (nSPS) is 10.8. The highest BCUT2D eigenvalue weighted by Crippen LogP contribution is 2.32. The Bertz CT molecular complexity index is 1360. The van der Waals surface area contributed by atoms with Gasteiger partial charge in [-0.2, -0.15) is 0 Å². The number of fused-ring (bicyclic) bond motifs is 1. The van der Waals surface area contributed by atoms with Crippen LogP contribution in [-0.4, -0.2) is 23.1 Å². The van der Waals surface area contributed by atoms with Gasteiger partial charge in [0.2, 0.25) is 5.89 Å². The molecular weight excluding hydrogens is 493 g/mol. The van der Waals surface area contributed by atoms with Gasteiger partial charge in [0.05, 0.1) is 22.7 Å². The van der Waals surface area contributed by atoms with Gasteiger partial charge >= 0.3 is 0 Å². The first-order valence-electron chi connectivity index (χ1n) is 9.16. The summed E-state index contributed by atoms with van der Waals surface area (Å²) >= 11 is 23.4. The van der Waals surface area contributed by atoms with Gasteiger partial charge in [0.15, 0.2) is 10.7 Å². The fourth-order valence-corrected chi connectivity index (χ4v) is 3.90. The summed E-state index contributed by atoms with van der Waals surface area (Å²) in [7, 11) is 1.55. The van der Waals surface area contributed by atoms with E-state index in [1.54, 1.807) is 49.6 Å². The lowest BCUT2D eigenvalue weighted by Crippen LogP contribution is -2.34. The van der Waals surface area contributed by atoms with Crippen LogP contribution in [0.3, 0.4) is 0 Å². The number of methoxy groups -OCH3 is 1. The van der Waals surface area contributed by atoms with E-state index in [-0.39, 0.29) is 15.7 Å². The summed E-state index contributed by atoms with van der Waals surface area (Å²) < 4.78 is 11.0. The number of aromatic nitrogens is 1. The number of ether oxygens (including phenoxy) is 1. The highest BCUT2D eigenvalue weighted by molar-refractivity contribution is 7.80. The zero-order valence-electron chi connectivity index (χ0n) is 16.4. The number of anilines is 1. The number of halogens is 3. The molecule has 0 aliphatic rings. The number of benzene rings is 3. The van der Waals surface area contributed by atoms with Gasteiger partial charge in [0.1, 0.15) is 11.3 Å². The summed E-state index contributed by atoms with van der Waals surface area (Å²) in [6.07, 6.45) is 0. The number of rotatable bonds is 4. The first-order valence-corrected chi connectivity index (χ1v) is 10.7. The lowest BCUT2D eigenvalue weighted by Gasteiger charge is -2.10. The van der Waals surface area contributed by atoms with Gasteiger partial charge in [0, 0.05) is 16.3 Å². The van der Waals surface area contributed by atoms with E-state index in [0.29, 0.717) is 44.0 Å². The maximum absolute atomic E-state index is 12.4. The van der Waals surface area contributed by atoms with Crippen LogP contribution in [0.15, 0.2) is 59.0 Å². The third-order valence-electron chi connectivity index (χ3n) is 4.45. The Morgan fingerprint density at radius 3 is 2.56 bits per heavy atom. The molecule has 0 unspecified atom stereocenters. The minimum Gasteiger partial charge on any atom is -0.495 e. The number of hydrogen-bond acceptors (Lipinski definition) is 5. The molecule has 0 bridgehead atoms. The third kappa shape index (κ3) is 4.81. The van der Waals surface area contributed by atoms with E-state index in [0.717, 1.165) is 0 Å². The van der Waals surface area contributed by atoms with E-state index in [1.807, 2.05) is 0 Å². The Morgan fingerprint density at radius 1 is 1.03 bits per heavy atom. The standard InChI is InChI=1S/C22H14Cl3N3O3S/c1-30-18-6-2-11(8-16(18)25)21-27-17-10-13(4-7-19(17)31-21)26-22(32)28-20(29)14-5-3-12(23)9-15(14)24/h2-10H,1H3,(H2,26,28,29,32). The van der Waals surface area contributed by atoms with Gasteiger partial charge in [-0.25, -0.2) is 4.98 Å². The van der Waals surface area contributed by atoms with Crippen molar-refractivity contribution in [3.05, 3.63) is 75.2 Å². The molecule has 162 valence electrons. The number of thiocarbonyl (C=S) groups is 1. The van der Waals surface area contributed by atoms with Gasteiger partial charge in [-0.15, -0.1) is 0 Å². The van der Waals surface area contributed by atoms with Gasteiger partial charge in [-0.1, -0.05) is 34.8 Å². The molecule has 0 aliphatic carbocycles. The zero-order valence-corrected chi connectivity index (χ0v) is 19.5. The predicted octanol–water partition coefficient (Wildman–Crippen LogP) is 6.59. The van der Waals surface area contributed by atoms with Gasteiger partial charge in [0.25, 0.3) is 5.91 Å². The Hall–Kier alpha value is -2.84. The Kier molecular flexibility index (Phi) is 6.53. The number of hydrogen-bond donors (Lipinski definition) is 2. The van der Waals surface area contributed by atoms with Gasteiger partial charge in [-0.3, -0.25) is 10.1 Å². The maximum atomic E-state index is 12.4. The zero-order chi connectivity index (χ0) is 22.8. The smallest absolute Gasteiger partial charge is 0.258 e. The molecule has 0 spiro atoms.